The molecule has 0 radical (unpaired) electrons. The third kappa shape index (κ3) is 4.15. The molecule has 0 fully saturated rings. The molecule has 0 aliphatic rings. The van der Waals surface area contributed by atoms with Crippen LogP contribution in [0, 0.1) is 5.92 Å². The first-order valence-electron chi connectivity index (χ1n) is 6.77. The number of para-hydroxylation sites is 1. The molecule has 0 heterocycles. The Labute approximate surface area is 110 Å². The van der Waals surface area contributed by atoms with Crippen LogP contribution in [0.25, 0.3) is 0 Å². The Morgan fingerprint density at radius 2 is 2.00 bits per heavy atom. The standard InChI is InChI=1S/C15H24N2O/c1-3-4-12-17(14-8-6-5-7-9-14)15(18)13(2)10-11-16/h5-9,13H,3-4,10-12,16H2,1-2H3. The van der Waals surface area contributed by atoms with Crippen molar-refractivity contribution in [2.24, 2.45) is 11.7 Å². The maximum Gasteiger partial charge on any atom is 0.229 e. The van der Waals surface area contributed by atoms with Gasteiger partial charge in [-0.1, -0.05) is 38.5 Å². The largest absolute Gasteiger partial charge is 0.330 e. The normalized spacial score (nSPS) is 12.2. The highest BCUT2D eigenvalue weighted by Gasteiger charge is 2.20. The number of benzene rings is 1. The second-order valence-corrected chi connectivity index (χ2v) is 4.66. The summed E-state index contributed by atoms with van der Waals surface area (Å²) in [6.07, 6.45) is 2.85. The summed E-state index contributed by atoms with van der Waals surface area (Å²) in [5.41, 5.74) is 6.52. The Morgan fingerprint density at radius 1 is 1.33 bits per heavy atom. The van der Waals surface area contributed by atoms with E-state index in [4.69, 9.17) is 5.73 Å². The minimum Gasteiger partial charge on any atom is -0.330 e. The number of hydrogen-bond donors (Lipinski definition) is 1. The van der Waals surface area contributed by atoms with Crippen molar-refractivity contribution in [3.05, 3.63) is 30.3 Å². The number of rotatable bonds is 7. The molecule has 1 atom stereocenters. The lowest BCUT2D eigenvalue weighted by molar-refractivity contribution is -0.122. The highest BCUT2D eigenvalue weighted by atomic mass is 16.2. The molecule has 18 heavy (non-hydrogen) atoms. The van der Waals surface area contributed by atoms with Crippen molar-refractivity contribution in [1.82, 2.24) is 0 Å². The van der Waals surface area contributed by atoms with Gasteiger partial charge in [-0.2, -0.15) is 0 Å². The number of nitrogens with two attached hydrogens (primary N) is 1. The number of carbonyl (C=O) groups excluding carboxylic acids is 1. The minimum atomic E-state index is -0.00735. The average molecular weight is 248 g/mol. The fourth-order valence-corrected chi connectivity index (χ4v) is 1.93. The van der Waals surface area contributed by atoms with E-state index in [0.29, 0.717) is 6.54 Å². The summed E-state index contributed by atoms with van der Waals surface area (Å²) < 4.78 is 0. The van der Waals surface area contributed by atoms with Gasteiger partial charge in [-0.3, -0.25) is 4.79 Å². The molecule has 0 bridgehead atoms. The molecule has 100 valence electrons. The van der Waals surface area contributed by atoms with E-state index >= 15 is 0 Å². The summed E-state index contributed by atoms with van der Waals surface area (Å²) in [6, 6.07) is 9.88. The molecule has 0 saturated heterocycles. The zero-order valence-electron chi connectivity index (χ0n) is 11.4. The molecule has 0 saturated carbocycles. The van der Waals surface area contributed by atoms with E-state index in [1.807, 2.05) is 42.2 Å². The third-order valence-electron chi connectivity index (χ3n) is 3.09. The van der Waals surface area contributed by atoms with Gasteiger partial charge in [-0.25, -0.2) is 0 Å². The van der Waals surface area contributed by atoms with Gasteiger partial charge in [0, 0.05) is 18.2 Å². The highest BCUT2D eigenvalue weighted by molar-refractivity contribution is 5.94. The Hall–Kier alpha value is -1.35. The van der Waals surface area contributed by atoms with Gasteiger partial charge < -0.3 is 10.6 Å². The van der Waals surface area contributed by atoms with E-state index in [0.717, 1.165) is 31.5 Å². The van der Waals surface area contributed by atoms with Crippen LogP contribution in [-0.2, 0) is 4.79 Å². The molecule has 1 unspecified atom stereocenters. The van der Waals surface area contributed by atoms with Crippen LogP contribution in [-0.4, -0.2) is 19.0 Å². The minimum absolute atomic E-state index is 0.00735. The Morgan fingerprint density at radius 3 is 2.56 bits per heavy atom. The van der Waals surface area contributed by atoms with Gasteiger partial charge in [0.05, 0.1) is 0 Å². The molecule has 1 amide bonds. The molecule has 0 aliphatic carbocycles. The number of carbonyl (C=O) groups is 1. The second-order valence-electron chi connectivity index (χ2n) is 4.66. The van der Waals surface area contributed by atoms with E-state index < -0.39 is 0 Å². The predicted molar refractivity (Wildman–Crippen MR) is 76.5 cm³/mol. The van der Waals surface area contributed by atoms with E-state index in [-0.39, 0.29) is 11.8 Å². The van der Waals surface area contributed by atoms with E-state index in [1.165, 1.54) is 0 Å². The van der Waals surface area contributed by atoms with Gasteiger partial charge in [0.2, 0.25) is 5.91 Å². The molecule has 0 aliphatic heterocycles. The summed E-state index contributed by atoms with van der Waals surface area (Å²) in [7, 11) is 0. The summed E-state index contributed by atoms with van der Waals surface area (Å²) in [5.74, 6) is 0.173. The molecule has 1 rings (SSSR count). The van der Waals surface area contributed by atoms with Crippen LogP contribution in [0.2, 0.25) is 0 Å². The van der Waals surface area contributed by atoms with Crippen molar-refractivity contribution < 1.29 is 4.79 Å². The maximum absolute atomic E-state index is 12.4. The predicted octanol–water partition coefficient (Wildman–Crippen LogP) is 2.80. The number of nitrogens with zero attached hydrogens (tertiary/aromatic N) is 1. The molecule has 3 nitrogen and oxygen atoms in total. The van der Waals surface area contributed by atoms with Gasteiger partial charge in [0.1, 0.15) is 0 Å². The van der Waals surface area contributed by atoms with Crippen LogP contribution in [0.4, 0.5) is 5.69 Å². The van der Waals surface area contributed by atoms with Crippen LogP contribution in [0.1, 0.15) is 33.1 Å². The van der Waals surface area contributed by atoms with Crippen molar-refractivity contribution in [2.75, 3.05) is 18.0 Å². The summed E-state index contributed by atoms with van der Waals surface area (Å²) >= 11 is 0. The lowest BCUT2D eigenvalue weighted by Crippen LogP contribution is -2.36. The van der Waals surface area contributed by atoms with Crippen molar-refractivity contribution in [2.45, 2.75) is 33.1 Å². The number of amides is 1. The monoisotopic (exact) mass is 248 g/mol. The highest BCUT2D eigenvalue weighted by Crippen LogP contribution is 2.18. The molecular formula is C15H24N2O. The summed E-state index contributed by atoms with van der Waals surface area (Å²) in [6.45, 7) is 5.44. The molecule has 0 aromatic heterocycles. The first-order chi connectivity index (χ1) is 8.70. The van der Waals surface area contributed by atoms with Gasteiger partial charge in [-0.15, -0.1) is 0 Å². The average Bonchev–Trinajstić information content (AvgIpc) is 2.40. The molecule has 3 heteroatoms. The SMILES string of the molecule is CCCCN(C(=O)C(C)CCN)c1ccccc1. The summed E-state index contributed by atoms with van der Waals surface area (Å²) in [4.78, 5) is 14.3. The Bertz CT molecular complexity index is 351. The Balaban J connectivity index is 2.81. The van der Waals surface area contributed by atoms with E-state index in [9.17, 15) is 4.79 Å². The third-order valence-corrected chi connectivity index (χ3v) is 3.09. The Kier molecular flexibility index (Phi) is 6.44. The number of hydrogen-bond acceptors (Lipinski definition) is 2. The van der Waals surface area contributed by atoms with Gasteiger partial charge >= 0.3 is 0 Å². The lowest BCUT2D eigenvalue weighted by atomic mass is 10.1. The van der Waals surface area contributed by atoms with Crippen LogP contribution >= 0.6 is 0 Å². The van der Waals surface area contributed by atoms with E-state index in [2.05, 4.69) is 6.92 Å². The van der Waals surface area contributed by atoms with Crippen LogP contribution in [0.5, 0.6) is 0 Å². The zero-order valence-corrected chi connectivity index (χ0v) is 11.4. The van der Waals surface area contributed by atoms with Crippen LogP contribution < -0.4 is 10.6 Å². The van der Waals surface area contributed by atoms with Crippen molar-refractivity contribution >= 4 is 11.6 Å². The van der Waals surface area contributed by atoms with Crippen molar-refractivity contribution in [3.63, 3.8) is 0 Å². The van der Waals surface area contributed by atoms with Crippen molar-refractivity contribution in [3.8, 4) is 0 Å². The first-order valence-corrected chi connectivity index (χ1v) is 6.77. The molecule has 2 N–H and O–H groups in total. The second kappa shape index (κ2) is 7.88. The number of anilines is 1. The number of unbranched alkanes of at least 4 members (excludes halogenated alkanes) is 1. The summed E-state index contributed by atoms with van der Waals surface area (Å²) in [5, 5.41) is 0. The van der Waals surface area contributed by atoms with Gasteiger partial charge in [0.15, 0.2) is 0 Å². The molecule has 1 aromatic carbocycles. The lowest BCUT2D eigenvalue weighted by Gasteiger charge is -2.25. The maximum atomic E-state index is 12.4. The molecule has 0 spiro atoms. The quantitative estimate of drug-likeness (QED) is 0.806. The van der Waals surface area contributed by atoms with Crippen LogP contribution in [0.3, 0.4) is 0 Å². The smallest absolute Gasteiger partial charge is 0.229 e. The van der Waals surface area contributed by atoms with Gasteiger partial charge in [-0.05, 0) is 31.5 Å². The van der Waals surface area contributed by atoms with Crippen LogP contribution in [0.15, 0.2) is 30.3 Å². The van der Waals surface area contributed by atoms with Gasteiger partial charge in [0.25, 0.3) is 0 Å². The fourth-order valence-electron chi connectivity index (χ4n) is 1.93. The fraction of sp³-hybridized carbons (Fsp3) is 0.533. The van der Waals surface area contributed by atoms with E-state index in [1.54, 1.807) is 0 Å². The zero-order chi connectivity index (χ0) is 13.4. The molecular weight excluding hydrogens is 224 g/mol. The first kappa shape index (κ1) is 14.7. The topological polar surface area (TPSA) is 46.3 Å². The van der Waals surface area contributed by atoms with Crippen molar-refractivity contribution in [1.29, 1.82) is 0 Å². The molecule has 1 aromatic rings.